The lowest BCUT2D eigenvalue weighted by atomic mass is 10.3. The van der Waals surface area contributed by atoms with Crippen LogP contribution in [0.25, 0.3) is 0 Å². The van der Waals surface area contributed by atoms with Gasteiger partial charge in [0.1, 0.15) is 11.6 Å². The summed E-state index contributed by atoms with van der Waals surface area (Å²) < 4.78 is 32.8. The Labute approximate surface area is 142 Å². The molecule has 0 aliphatic heterocycles. The molecule has 0 saturated heterocycles. The van der Waals surface area contributed by atoms with Crippen LogP contribution in [0, 0.1) is 0 Å². The maximum Gasteiger partial charge on any atom is 0.261 e. The zero-order valence-electron chi connectivity index (χ0n) is 13.7. The van der Waals surface area contributed by atoms with E-state index in [0.717, 1.165) is 0 Å². The third-order valence-electron chi connectivity index (χ3n) is 2.95. The molecule has 2 aromatic rings. The smallest absolute Gasteiger partial charge is 0.261 e. The normalized spacial score (nSPS) is 11.1. The fourth-order valence-corrected chi connectivity index (χ4v) is 2.96. The maximum atomic E-state index is 12.4. The van der Waals surface area contributed by atoms with E-state index in [1.54, 1.807) is 30.3 Å². The molecule has 0 amide bonds. The highest BCUT2D eigenvalue weighted by atomic mass is 32.2. The zero-order chi connectivity index (χ0) is 17.6. The van der Waals surface area contributed by atoms with Crippen molar-refractivity contribution in [2.45, 2.75) is 24.8 Å². The molecule has 128 valence electrons. The van der Waals surface area contributed by atoms with E-state index in [0.29, 0.717) is 23.8 Å². The lowest BCUT2D eigenvalue weighted by molar-refractivity contribution is 0.242. The van der Waals surface area contributed by atoms with Crippen molar-refractivity contribution in [3.63, 3.8) is 0 Å². The van der Waals surface area contributed by atoms with Gasteiger partial charge in [-0.3, -0.25) is 4.72 Å². The molecular weight excluding hydrogens is 326 g/mol. The van der Waals surface area contributed by atoms with Crippen LogP contribution in [0.2, 0.25) is 0 Å². The minimum Gasteiger partial charge on any atom is -0.491 e. The Morgan fingerprint density at radius 2 is 1.92 bits per heavy atom. The molecule has 1 heterocycles. The molecule has 0 saturated carbocycles. The number of rotatable bonds is 8. The van der Waals surface area contributed by atoms with Gasteiger partial charge in [-0.1, -0.05) is 6.08 Å². The van der Waals surface area contributed by atoms with Crippen molar-refractivity contribution in [1.82, 2.24) is 4.98 Å². The van der Waals surface area contributed by atoms with Gasteiger partial charge >= 0.3 is 0 Å². The van der Waals surface area contributed by atoms with Crippen molar-refractivity contribution in [1.29, 1.82) is 0 Å². The van der Waals surface area contributed by atoms with Gasteiger partial charge in [-0.25, -0.2) is 13.4 Å². The summed E-state index contributed by atoms with van der Waals surface area (Å²) in [6.07, 6.45) is 3.20. The summed E-state index contributed by atoms with van der Waals surface area (Å²) in [5, 5.41) is 3.02. The quantitative estimate of drug-likeness (QED) is 0.717. The van der Waals surface area contributed by atoms with Crippen LogP contribution in [0.5, 0.6) is 5.75 Å². The largest absolute Gasteiger partial charge is 0.491 e. The summed E-state index contributed by atoms with van der Waals surface area (Å²) >= 11 is 0. The lowest BCUT2D eigenvalue weighted by Crippen LogP contribution is -2.13. The Balaban J connectivity index is 2.08. The molecule has 0 radical (unpaired) electrons. The summed E-state index contributed by atoms with van der Waals surface area (Å²) in [6, 6.07) is 9.62. The molecule has 0 bridgehead atoms. The van der Waals surface area contributed by atoms with Crippen LogP contribution < -0.4 is 14.8 Å². The highest BCUT2D eigenvalue weighted by molar-refractivity contribution is 7.92. The Morgan fingerprint density at radius 1 is 1.21 bits per heavy atom. The van der Waals surface area contributed by atoms with E-state index in [4.69, 9.17) is 4.74 Å². The van der Waals surface area contributed by atoms with Crippen molar-refractivity contribution in [3.8, 4) is 5.75 Å². The van der Waals surface area contributed by atoms with Crippen molar-refractivity contribution in [3.05, 3.63) is 55.3 Å². The fraction of sp³-hybridized carbons (Fsp3) is 0.235. The molecule has 0 aliphatic carbocycles. The number of benzene rings is 1. The molecule has 0 fully saturated rings. The average molecular weight is 347 g/mol. The standard InChI is InChI=1S/C17H21N3O3S/c1-4-11-18-17-10-5-14(12-19-17)20-24(21,22)16-8-6-15(7-9-16)23-13(2)3/h4-10,12-13,20H,1,11H2,2-3H3,(H,18,19). The van der Waals surface area contributed by atoms with E-state index >= 15 is 0 Å². The van der Waals surface area contributed by atoms with Crippen LogP contribution in [0.3, 0.4) is 0 Å². The summed E-state index contributed by atoms with van der Waals surface area (Å²) in [6.45, 7) is 8.01. The first-order valence-corrected chi connectivity index (χ1v) is 8.99. The van der Waals surface area contributed by atoms with Gasteiger partial charge < -0.3 is 10.1 Å². The summed E-state index contributed by atoms with van der Waals surface area (Å²) in [4.78, 5) is 4.29. The van der Waals surface area contributed by atoms with E-state index in [-0.39, 0.29) is 11.0 Å². The average Bonchev–Trinajstić information content (AvgIpc) is 2.54. The number of nitrogens with zero attached hydrogens (tertiary/aromatic N) is 1. The van der Waals surface area contributed by atoms with Crippen molar-refractivity contribution >= 4 is 21.5 Å². The third kappa shape index (κ3) is 4.99. The van der Waals surface area contributed by atoms with Crippen LogP contribution in [0.4, 0.5) is 11.5 Å². The number of aromatic nitrogens is 1. The Kier molecular flexibility index (Phi) is 5.81. The van der Waals surface area contributed by atoms with Crippen molar-refractivity contribution in [2.75, 3.05) is 16.6 Å². The van der Waals surface area contributed by atoms with Gasteiger partial charge in [0.25, 0.3) is 10.0 Å². The van der Waals surface area contributed by atoms with Crippen LogP contribution in [0.15, 0.2) is 60.1 Å². The predicted octanol–water partition coefficient (Wildman–Crippen LogP) is 3.27. The molecule has 0 unspecified atom stereocenters. The van der Waals surface area contributed by atoms with Crippen LogP contribution >= 0.6 is 0 Å². The summed E-state index contributed by atoms with van der Waals surface area (Å²) in [5.74, 6) is 1.27. The molecule has 1 aromatic heterocycles. The van der Waals surface area contributed by atoms with E-state index in [9.17, 15) is 8.42 Å². The van der Waals surface area contributed by atoms with Gasteiger partial charge in [0.2, 0.25) is 0 Å². The van der Waals surface area contributed by atoms with Crippen LogP contribution in [-0.2, 0) is 10.0 Å². The number of hydrogen-bond acceptors (Lipinski definition) is 5. The Morgan fingerprint density at radius 3 is 2.46 bits per heavy atom. The zero-order valence-corrected chi connectivity index (χ0v) is 14.5. The van der Waals surface area contributed by atoms with Gasteiger partial charge in [-0.15, -0.1) is 6.58 Å². The second-order valence-corrected chi connectivity index (χ2v) is 7.03. The van der Waals surface area contributed by atoms with E-state index in [2.05, 4.69) is 21.6 Å². The molecule has 0 aliphatic rings. The molecule has 24 heavy (non-hydrogen) atoms. The Bertz CT molecular complexity index is 770. The topological polar surface area (TPSA) is 80.3 Å². The first-order chi connectivity index (χ1) is 11.4. The number of ether oxygens (including phenoxy) is 1. The molecule has 0 atom stereocenters. The van der Waals surface area contributed by atoms with Crippen LogP contribution in [0.1, 0.15) is 13.8 Å². The third-order valence-corrected chi connectivity index (χ3v) is 4.35. The number of anilines is 2. The van der Waals surface area contributed by atoms with E-state index in [1.165, 1.54) is 18.3 Å². The second kappa shape index (κ2) is 7.83. The molecule has 6 nitrogen and oxygen atoms in total. The van der Waals surface area contributed by atoms with Crippen molar-refractivity contribution < 1.29 is 13.2 Å². The van der Waals surface area contributed by atoms with Crippen molar-refractivity contribution in [2.24, 2.45) is 0 Å². The molecule has 7 heteroatoms. The predicted molar refractivity (Wildman–Crippen MR) is 95.9 cm³/mol. The monoisotopic (exact) mass is 347 g/mol. The molecule has 2 N–H and O–H groups in total. The van der Waals surface area contributed by atoms with Gasteiger partial charge in [-0.05, 0) is 50.2 Å². The van der Waals surface area contributed by atoms with Gasteiger partial charge in [-0.2, -0.15) is 0 Å². The molecule has 0 spiro atoms. The number of sulfonamides is 1. The fourth-order valence-electron chi connectivity index (χ4n) is 1.92. The van der Waals surface area contributed by atoms with Gasteiger partial charge in [0, 0.05) is 6.54 Å². The van der Waals surface area contributed by atoms with Crippen LogP contribution in [-0.4, -0.2) is 26.1 Å². The molecular formula is C17H21N3O3S. The Hall–Kier alpha value is -2.54. The second-order valence-electron chi connectivity index (χ2n) is 5.35. The summed E-state index contributed by atoms with van der Waals surface area (Å²) in [5.41, 5.74) is 0.390. The maximum absolute atomic E-state index is 12.4. The lowest BCUT2D eigenvalue weighted by Gasteiger charge is -2.11. The summed E-state index contributed by atoms with van der Waals surface area (Å²) in [7, 11) is -3.67. The minimum absolute atomic E-state index is 0.0323. The SMILES string of the molecule is C=CCNc1ccc(NS(=O)(=O)c2ccc(OC(C)C)cc2)cn1. The van der Waals surface area contributed by atoms with Gasteiger partial charge in [0.15, 0.2) is 0 Å². The number of pyridine rings is 1. The molecule has 2 rings (SSSR count). The first kappa shape index (κ1) is 17.8. The minimum atomic E-state index is -3.67. The number of hydrogen-bond donors (Lipinski definition) is 2. The van der Waals surface area contributed by atoms with Gasteiger partial charge in [0.05, 0.1) is 22.9 Å². The number of nitrogens with one attached hydrogen (secondary N) is 2. The molecule has 1 aromatic carbocycles. The van der Waals surface area contributed by atoms with E-state index < -0.39 is 10.0 Å². The first-order valence-electron chi connectivity index (χ1n) is 7.51. The highest BCUT2D eigenvalue weighted by Gasteiger charge is 2.14. The van der Waals surface area contributed by atoms with E-state index in [1.807, 2.05) is 13.8 Å². The highest BCUT2D eigenvalue weighted by Crippen LogP contribution is 2.20.